The van der Waals surface area contributed by atoms with E-state index in [2.05, 4.69) is 5.32 Å². The van der Waals surface area contributed by atoms with Crippen LogP contribution in [-0.2, 0) is 4.74 Å². The van der Waals surface area contributed by atoms with E-state index in [-0.39, 0.29) is 19.0 Å². The van der Waals surface area contributed by atoms with E-state index in [0.29, 0.717) is 13.2 Å². The molecule has 1 aliphatic rings. The van der Waals surface area contributed by atoms with Crippen molar-refractivity contribution in [1.82, 2.24) is 5.32 Å². The van der Waals surface area contributed by atoms with Crippen LogP contribution in [0.1, 0.15) is 6.92 Å². The van der Waals surface area contributed by atoms with Gasteiger partial charge < -0.3 is 10.1 Å². The Morgan fingerprint density at radius 2 is 2.18 bits per heavy atom. The first-order valence-corrected chi connectivity index (χ1v) is 3.28. The Kier molecular flexibility index (Phi) is 4.21. The Hall–Kier alpha value is 0.0700. The lowest BCUT2D eigenvalue weighted by Gasteiger charge is -2.33. The van der Waals surface area contributed by atoms with Crippen molar-refractivity contribution in [2.24, 2.45) is 0 Å². The summed E-state index contributed by atoms with van der Waals surface area (Å²) in [5.74, 6) is 0. The van der Waals surface area contributed by atoms with E-state index in [1.165, 1.54) is 6.92 Å². The number of nitrogens with one attached hydrogen (secondary N) is 1. The van der Waals surface area contributed by atoms with Gasteiger partial charge in [-0.25, -0.2) is 8.78 Å². The Balaban J connectivity index is 0.000001000. The highest BCUT2D eigenvalue weighted by molar-refractivity contribution is 5.85. The summed E-state index contributed by atoms with van der Waals surface area (Å²) < 4.78 is 29.2. The lowest BCUT2D eigenvalue weighted by Crippen LogP contribution is -2.52. The number of halogens is 3. The second-order valence-electron chi connectivity index (χ2n) is 2.64. The van der Waals surface area contributed by atoms with Crippen molar-refractivity contribution in [3.05, 3.63) is 0 Å². The molecule has 1 rings (SSSR count). The highest BCUT2D eigenvalue weighted by Gasteiger charge is 2.37. The monoisotopic (exact) mass is 187 g/mol. The summed E-state index contributed by atoms with van der Waals surface area (Å²) in [6, 6.07) is 0. The van der Waals surface area contributed by atoms with Crippen molar-refractivity contribution in [2.75, 3.05) is 19.7 Å². The van der Waals surface area contributed by atoms with Gasteiger partial charge in [0.2, 0.25) is 0 Å². The average molecular weight is 188 g/mol. The molecule has 0 aromatic rings. The van der Waals surface area contributed by atoms with Gasteiger partial charge in [-0.05, 0) is 6.92 Å². The van der Waals surface area contributed by atoms with Gasteiger partial charge in [0, 0.05) is 13.1 Å². The number of ether oxygens (including phenoxy) is 1. The van der Waals surface area contributed by atoms with E-state index in [9.17, 15) is 8.78 Å². The molecule has 0 bridgehead atoms. The number of hydrogen-bond donors (Lipinski definition) is 1. The van der Waals surface area contributed by atoms with Crippen molar-refractivity contribution in [3.63, 3.8) is 0 Å². The summed E-state index contributed by atoms with van der Waals surface area (Å²) in [6.45, 7) is 2.71. The first kappa shape index (κ1) is 11.1. The third kappa shape index (κ3) is 2.54. The van der Waals surface area contributed by atoms with Crippen molar-refractivity contribution < 1.29 is 13.5 Å². The number of rotatable bonds is 1. The van der Waals surface area contributed by atoms with Gasteiger partial charge in [0.05, 0.1) is 6.61 Å². The van der Waals surface area contributed by atoms with Crippen LogP contribution in [0.3, 0.4) is 0 Å². The van der Waals surface area contributed by atoms with E-state index in [0.717, 1.165) is 0 Å². The maximum Gasteiger partial charge on any atom is 0.268 e. The molecule has 1 aliphatic heterocycles. The molecule has 1 heterocycles. The lowest BCUT2D eigenvalue weighted by molar-refractivity contribution is -0.141. The summed E-state index contributed by atoms with van der Waals surface area (Å²) in [5.41, 5.74) is -1.27. The second kappa shape index (κ2) is 4.18. The molecule has 2 nitrogen and oxygen atoms in total. The molecule has 11 heavy (non-hydrogen) atoms. The van der Waals surface area contributed by atoms with Gasteiger partial charge in [-0.3, -0.25) is 0 Å². The molecule has 0 aliphatic carbocycles. The Labute approximate surface area is 70.7 Å². The van der Waals surface area contributed by atoms with Gasteiger partial charge in [0.1, 0.15) is 5.60 Å². The second-order valence-corrected chi connectivity index (χ2v) is 2.64. The van der Waals surface area contributed by atoms with Crippen LogP contribution in [0.4, 0.5) is 8.78 Å². The van der Waals surface area contributed by atoms with Gasteiger partial charge in [-0.15, -0.1) is 12.4 Å². The van der Waals surface area contributed by atoms with Gasteiger partial charge in [0.15, 0.2) is 0 Å². The number of morpholine rings is 1. The molecule has 0 amide bonds. The molecular weight excluding hydrogens is 176 g/mol. The molecule has 1 N–H and O–H groups in total. The van der Waals surface area contributed by atoms with E-state index < -0.39 is 12.0 Å². The standard InChI is InChI=1S/C6H11F2NO.ClH/c1-6(5(7)8)4-9-2-3-10-6;/h5,9H,2-4H2,1H3;1H. The number of alkyl halides is 2. The third-order valence-corrected chi connectivity index (χ3v) is 1.65. The van der Waals surface area contributed by atoms with E-state index >= 15 is 0 Å². The smallest absolute Gasteiger partial charge is 0.268 e. The van der Waals surface area contributed by atoms with E-state index in [4.69, 9.17) is 4.74 Å². The lowest BCUT2D eigenvalue weighted by atomic mass is 10.1. The van der Waals surface area contributed by atoms with E-state index in [1.807, 2.05) is 0 Å². The normalized spacial score (nSPS) is 31.6. The third-order valence-electron chi connectivity index (χ3n) is 1.65. The van der Waals surface area contributed by atoms with Crippen LogP contribution in [0.15, 0.2) is 0 Å². The molecule has 1 fully saturated rings. The first-order valence-electron chi connectivity index (χ1n) is 3.28. The molecule has 1 atom stereocenters. The fraction of sp³-hybridized carbons (Fsp3) is 1.00. The molecule has 0 aromatic heterocycles. The summed E-state index contributed by atoms with van der Waals surface area (Å²) in [7, 11) is 0. The van der Waals surface area contributed by atoms with Crippen LogP contribution in [-0.4, -0.2) is 31.7 Å². The minimum atomic E-state index is -2.40. The van der Waals surface area contributed by atoms with Gasteiger partial charge in [-0.2, -0.15) is 0 Å². The van der Waals surface area contributed by atoms with Crippen LogP contribution < -0.4 is 5.32 Å². The number of hydrogen-bond acceptors (Lipinski definition) is 2. The fourth-order valence-electron chi connectivity index (χ4n) is 0.884. The van der Waals surface area contributed by atoms with Crippen LogP contribution in [0, 0.1) is 0 Å². The van der Waals surface area contributed by atoms with Crippen molar-refractivity contribution in [2.45, 2.75) is 19.0 Å². The molecule has 68 valence electrons. The fourth-order valence-corrected chi connectivity index (χ4v) is 0.884. The zero-order valence-electron chi connectivity index (χ0n) is 6.27. The highest BCUT2D eigenvalue weighted by Crippen LogP contribution is 2.20. The predicted octanol–water partition coefficient (Wildman–Crippen LogP) is 1.05. The maximum absolute atomic E-state index is 12.1. The zero-order chi connectivity index (χ0) is 7.61. The first-order chi connectivity index (χ1) is 4.65. The molecular formula is C6H12ClF2NO. The Morgan fingerprint density at radius 1 is 1.55 bits per heavy atom. The van der Waals surface area contributed by atoms with E-state index in [1.54, 1.807) is 0 Å². The predicted molar refractivity (Wildman–Crippen MR) is 40.5 cm³/mol. The molecule has 0 spiro atoms. The summed E-state index contributed by atoms with van der Waals surface area (Å²) in [5, 5.41) is 2.85. The molecule has 5 heteroatoms. The van der Waals surface area contributed by atoms with Gasteiger partial charge in [-0.1, -0.05) is 0 Å². The SMILES string of the molecule is CC1(C(F)F)CNCCO1.Cl. The average Bonchev–Trinajstić information content (AvgIpc) is 1.89. The molecule has 1 saturated heterocycles. The molecule has 0 aromatic carbocycles. The van der Waals surface area contributed by atoms with Crippen LogP contribution in [0.5, 0.6) is 0 Å². The largest absolute Gasteiger partial charge is 0.367 e. The summed E-state index contributed by atoms with van der Waals surface area (Å²) in [4.78, 5) is 0. The summed E-state index contributed by atoms with van der Waals surface area (Å²) in [6.07, 6.45) is -2.40. The Bertz CT molecular complexity index is 117. The quantitative estimate of drug-likeness (QED) is 0.663. The van der Waals surface area contributed by atoms with Crippen LogP contribution >= 0.6 is 12.4 Å². The zero-order valence-corrected chi connectivity index (χ0v) is 7.09. The molecule has 0 saturated carbocycles. The van der Waals surface area contributed by atoms with Crippen molar-refractivity contribution in [1.29, 1.82) is 0 Å². The molecule has 0 radical (unpaired) electrons. The van der Waals surface area contributed by atoms with Gasteiger partial charge >= 0.3 is 0 Å². The minimum absolute atomic E-state index is 0. The van der Waals surface area contributed by atoms with Crippen molar-refractivity contribution in [3.8, 4) is 0 Å². The van der Waals surface area contributed by atoms with Crippen LogP contribution in [0.25, 0.3) is 0 Å². The van der Waals surface area contributed by atoms with Gasteiger partial charge in [0.25, 0.3) is 6.43 Å². The summed E-state index contributed by atoms with van der Waals surface area (Å²) >= 11 is 0. The van der Waals surface area contributed by atoms with Crippen LogP contribution in [0.2, 0.25) is 0 Å². The molecule has 1 unspecified atom stereocenters. The minimum Gasteiger partial charge on any atom is -0.367 e. The highest BCUT2D eigenvalue weighted by atomic mass is 35.5. The maximum atomic E-state index is 12.1. The Morgan fingerprint density at radius 3 is 2.45 bits per heavy atom. The van der Waals surface area contributed by atoms with Crippen molar-refractivity contribution >= 4 is 12.4 Å². The topological polar surface area (TPSA) is 21.3 Å².